The van der Waals surface area contributed by atoms with Gasteiger partial charge in [0.1, 0.15) is 18.9 Å². The molecule has 1 N–H and O–H groups in total. The number of oxazole rings is 1. The van der Waals surface area contributed by atoms with E-state index in [0.717, 1.165) is 23.0 Å². The first-order valence-electron chi connectivity index (χ1n) is 9.85. The van der Waals surface area contributed by atoms with Gasteiger partial charge < -0.3 is 18.8 Å². The van der Waals surface area contributed by atoms with E-state index < -0.39 is 17.7 Å². The smallest absolute Gasteiger partial charge is 0.416 e. The maximum Gasteiger partial charge on any atom is 0.416 e. The monoisotopic (exact) mass is 446 g/mol. The Balaban J connectivity index is 0.00000141. The molecule has 0 spiro atoms. The number of alkyl halides is 3. The first-order valence-corrected chi connectivity index (χ1v) is 9.85. The summed E-state index contributed by atoms with van der Waals surface area (Å²) in [5.41, 5.74) is 0.457. The lowest BCUT2D eigenvalue weighted by atomic mass is 10.1. The van der Waals surface area contributed by atoms with Gasteiger partial charge in [-0.15, -0.1) is 0 Å². The number of fused-ring (bicyclic) bond motifs is 1. The van der Waals surface area contributed by atoms with Gasteiger partial charge in [0.2, 0.25) is 5.89 Å². The molecule has 9 heteroatoms. The number of hydrogen-bond donors (Lipinski definition) is 1. The van der Waals surface area contributed by atoms with Gasteiger partial charge in [-0.3, -0.25) is 4.79 Å². The van der Waals surface area contributed by atoms with Gasteiger partial charge in [0.25, 0.3) is 0 Å². The molecule has 0 atom stereocenters. The number of ether oxygens (including phenoxy) is 1. The summed E-state index contributed by atoms with van der Waals surface area (Å²) in [6.45, 7) is 3.95. The maximum absolute atomic E-state index is 12.7. The van der Waals surface area contributed by atoms with Crippen molar-refractivity contribution in [3.63, 3.8) is 0 Å². The zero-order valence-corrected chi connectivity index (χ0v) is 17.4. The molecule has 0 saturated heterocycles. The summed E-state index contributed by atoms with van der Waals surface area (Å²) in [7, 11) is 0. The van der Waals surface area contributed by atoms with Crippen molar-refractivity contribution in [3.05, 3.63) is 72.2 Å². The molecule has 0 saturated carbocycles. The van der Waals surface area contributed by atoms with Crippen molar-refractivity contribution in [3.8, 4) is 17.2 Å². The normalized spacial score (nSPS) is 11.2. The first-order chi connectivity index (χ1) is 15.3. The minimum atomic E-state index is -4.40. The molecule has 0 aliphatic heterocycles. The molecule has 2 heterocycles. The first kappa shape index (κ1) is 22.9. The second kappa shape index (κ2) is 9.59. The van der Waals surface area contributed by atoms with Gasteiger partial charge in [0.05, 0.1) is 11.8 Å². The van der Waals surface area contributed by atoms with Crippen LogP contribution in [0.25, 0.3) is 22.4 Å². The Labute approximate surface area is 181 Å². The third kappa shape index (κ3) is 5.29. The Bertz CT molecular complexity index is 1190. The Morgan fingerprint density at radius 1 is 1.12 bits per heavy atom. The summed E-state index contributed by atoms with van der Waals surface area (Å²) < 4.78 is 50.9. The summed E-state index contributed by atoms with van der Waals surface area (Å²) in [5, 5.41) is 9.76. The lowest BCUT2D eigenvalue weighted by Crippen LogP contribution is -2.07. The van der Waals surface area contributed by atoms with Crippen molar-refractivity contribution in [2.45, 2.75) is 33.2 Å². The highest BCUT2D eigenvalue weighted by atomic mass is 19.4. The number of rotatable bonds is 6. The van der Waals surface area contributed by atoms with Crippen LogP contribution in [0, 0.1) is 0 Å². The Morgan fingerprint density at radius 3 is 2.50 bits per heavy atom. The molecule has 2 aromatic heterocycles. The average molecular weight is 446 g/mol. The van der Waals surface area contributed by atoms with Crippen LogP contribution in [0.15, 0.2) is 65.3 Å². The molecule has 0 aliphatic rings. The highest BCUT2D eigenvalue weighted by Gasteiger charge is 2.30. The standard InChI is InChI=1S/C21H15F3N2O4.C2H6/c22-21(23,24)15-3-1-13(2-4-15)20-25-10-17(30-20)12-29-16-5-6-18-14(9-16)7-8-26(18)11-19(27)28;1-2/h1-10H,11-12H2,(H,27,28);1-2H3. The third-order valence-corrected chi connectivity index (χ3v) is 4.44. The van der Waals surface area contributed by atoms with Gasteiger partial charge in [-0.25, -0.2) is 4.98 Å². The molecular formula is C23H21F3N2O4. The fourth-order valence-corrected chi connectivity index (χ4v) is 3.02. The average Bonchev–Trinajstić information content (AvgIpc) is 3.40. The fourth-order valence-electron chi connectivity index (χ4n) is 3.02. The number of carboxylic acids is 1. The summed E-state index contributed by atoms with van der Waals surface area (Å²) in [5.74, 6) is 0.238. The molecule has 4 aromatic rings. The molecule has 0 aliphatic carbocycles. The predicted octanol–water partition coefficient (Wildman–Crippen LogP) is 6.00. The van der Waals surface area contributed by atoms with Crippen molar-refractivity contribution < 1.29 is 32.2 Å². The molecule has 168 valence electrons. The molecular weight excluding hydrogens is 425 g/mol. The summed E-state index contributed by atoms with van der Waals surface area (Å²) >= 11 is 0. The summed E-state index contributed by atoms with van der Waals surface area (Å²) in [6, 6.07) is 11.6. The number of benzene rings is 2. The van der Waals surface area contributed by atoms with Crippen molar-refractivity contribution >= 4 is 16.9 Å². The van der Waals surface area contributed by atoms with Crippen molar-refractivity contribution in [1.82, 2.24) is 9.55 Å². The quantitative estimate of drug-likeness (QED) is 0.393. The van der Waals surface area contributed by atoms with Crippen LogP contribution < -0.4 is 4.74 Å². The lowest BCUT2D eigenvalue weighted by molar-refractivity contribution is -0.138. The van der Waals surface area contributed by atoms with Crippen molar-refractivity contribution in [1.29, 1.82) is 0 Å². The highest BCUT2D eigenvalue weighted by molar-refractivity contribution is 5.83. The molecule has 0 bridgehead atoms. The Hall–Kier alpha value is -3.75. The third-order valence-electron chi connectivity index (χ3n) is 4.44. The van der Waals surface area contributed by atoms with Gasteiger partial charge in [0.15, 0.2) is 5.76 Å². The van der Waals surface area contributed by atoms with Crippen LogP contribution in [0.1, 0.15) is 25.2 Å². The van der Waals surface area contributed by atoms with Crippen LogP contribution in [0.5, 0.6) is 5.75 Å². The fraction of sp³-hybridized carbons (Fsp3) is 0.217. The SMILES string of the molecule is CC.O=C(O)Cn1ccc2cc(OCc3cnc(-c4ccc(C(F)(F)F)cc4)o3)ccc21. The van der Waals surface area contributed by atoms with Crippen molar-refractivity contribution in [2.24, 2.45) is 0 Å². The van der Waals surface area contributed by atoms with E-state index in [1.54, 1.807) is 35.0 Å². The van der Waals surface area contributed by atoms with E-state index in [4.69, 9.17) is 14.3 Å². The van der Waals surface area contributed by atoms with Crippen LogP contribution in [-0.4, -0.2) is 20.6 Å². The number of halogens is 3. The van der Waals surface area contributed by atoms with Gasteiger partial charge >= 0.3 is 12.1 Å². The van der Waals surface area contributed by atoms with E-state index in [1.165, 1.54) is 18.3 Å². The van der Waals surface area contributed by atoms with E-state index in [9.17, 15) is 18.0 Å². The zero-order chi connectivity index (χ0) is 23.3. The molecule has 0 amide bonds. The van der Waals surface area contributed by atoms with Gasteiger partial charge in [-0.05, 0) is 48.5 Å². The maximum atomic E-state index is 12.7. The molecule has 4 rings (SSSR count). The van der Waals surface area contributed by atoms with E-state index >= 15 is 0 Å². The van der Waals surface area contributed by atoms with Crippen LogP contribution in [0.3, 0.4) is 0 Å². The molecule has 0 unspecified atom stereocenters. The molecule has 0 fully saturated rings. The number of hydrogen-bond acceptors (Lipinski definition) is 4. The van der Waals surface area contributed by atoms with E-state index in [1.807, 2.05) is 13.8 Å². The second-order valence-corrected chi connectivity index (χ2v) is 6.55. The van der Waals surface area contributed by atoms with Gasteiger partial charge in [0, 0.05) is 22.7 Å². The minimum absolute atomic E-state index is 0.0783. The van der Waals surface area contributed by atoms with Crippen LogP contribution in [0.2, 0.25) is 0 Å². The van der Waals surface area contributed by atoms with E-state index in [0.29, 0.717) is 17.1 Å². The number of carbonyl (C=O) groups is 1. The Morgan fingerprint density at radius 2 is 1.84 bits per heavy atom. The largest absolute Gasteiger partial charge is 0.486 e. The lowest BCUT2D eigenvalue weighted by Gasteiger charge is -2.06. The number of aliphatic carboxylic acids is 1. The number of nitrogens with zero attached hydrogens (tertiary/aromatic N) is 2. The number of carboxylic acid groups (broad SMARTS) is 1. The topological polar surface area (TPSA) is 77.5 Å². The highest BCUT2D eigenvalue weighted by Crippen LogP contribution is 2.31. The zero-order valence-electron chi connectivity index (χ0n) is 17.4. The second-order valence-electron chi connectivity index (χ2n) is 6.55. The van der Waals surface area contributed by atoms with Crippen LogP contribution >= 0.6 is 0 Å². The minimum Gasteiger partial charge on any atom is -0.486 e. The molecule has 0 radical (unpaired) electrons. The predicted molar refractivity (Wildman–Crippen MR) is 112 cm³/mol. The van der Waals surface area contributed by atoms with Crippen LogP contribution in [-0.2, 0) is 24.1 Å². The van der Waals surface area contributed by atoms with E-state index in [2.05, 4.69) is 4.98 Å². The van der Waals surface area contributed by atoms with Gasteiger partial charge in [-0.2, -0.15) is 13.2 Å². The van der Waals surface area contributed by atoms with E-state index in [-0.39, 0.29) is 19.0 Å². The summed E-state index contributed by atoms with van der Waals surface area (Å²) in [4.78, 5) is 15.0. The Kier molecular flexibility index (Phi) is 6.87. The number of aromatic nitrogens is 2. The molecule has 6 nitrogen and oxygen atoms in total. The van der Waals surface area contributed by atoms with Crippen LogP contribution in [0.4, 0.5) is 13.2 Å². The van der Waals surface area contributed by atoms with Gasteiger partial charge in [-0.1, -0.05) is 13.8 Å². The van der Waals surface area contributed by atoms with Crippen molar-refractivity contribution in [2.75, 3.05) is 0 Å². The molecule has 2 aromatic carbocycles. The summed E-state index contributed by atoms with van der Waals surface area (Å²) in [6.07, 6.45) is -1.26. The molecule has 32 heavy (non-hydrogen) atoms.